The summed E-state index contributed by atoms with van der Waals surface area (Å²) in [6, 6.07) is 0. The van der Waals surface area contributed by atoms with E-state index in [-0.39, 0.29) is 29.7 Å². The standard InChI is InChI=1S/C17H26O3/c1-11(2)20-16(19)6-15(18)10-17-7-12-3-13(8-17)5-14(4-12)9-17/h11-14H,3-10H2,1-2H3. The van der Waals surface area contributed by atoms with Crippen molar-refractivity contribution in [2.75, 3.05) is 0 Å². The fourth-order valence-corrected chi connectivity index (χ4v) is 5.45. The van der Waals surface area contributed by atoms with Gasteiger partial charge >= 0.3 is 5.97 Å². The molecule has 0 amide bonds. The van der Waals surface area contributed by atoms with Gasteiger partial charge in [0.2, 0.25) is 0 Å². The van der Waals surface area contributed by atoms with Crippen molar-refractivity contribution in [2.45, 2.75) is 71.3 Å². The van der Waals surface area contributed by atoms with Crippen LogP contribution in [0.5, 0.6) is 0 Å². The summed E-state index contributed by atoms with van der Waals surface area (Å²) in [4.78, 5) is 23.8. The zero-order valence-electron chi connectivity index (χ0n) is 12.7. The average Bonchev–Trinajstić information content (AvgIpc) is 2.23. The average molecular weight is 278 g/mol. The predicted molar refractivity (Wildman–Crippen MR) is 76.1 cm³/mol. The number of ether oxygens (including phenoxy) is 1. The van der Waals surface area contributed by atoms with Crippen LogP contribution in [0.4, 0.5) is 0 Å². The number of esters is 1. The van der Waals surface area contributed by atoms with Crippen molar-refractivity contribution in [3.8, 4) is 0 Å². The molecule has 0 spiro atoms. The van der Waals surface area contributed by atoms with E-state index in [1.54, 1.807) is 0 Å². The Labute approximate surface area is 121 Å². The van der Waals surface area contributed by atoms with Gasteiger partial charge in [-0.2, -0.15) is 0 Å². The largest absolute Gasteiger partial charge is 0.463 e. The van der Waals surface area contributed by atoms with E-state index in [4.69, 9.17) is 4.74 Å². The second kappa shape index (κ2) is 5.16. The molecular weight excluding hydrogens is 252 g/mol. The van der Waals surface area contributed by atoms with Gasteiger partial charge in [-0.15, -0.1) is 0 Å². The minimum absolute atomic E-state index is 0.0278. The highest BCUT2D eigenvalue weighted by Crippen LogP contribution is 2.61. The second-order valence-corrected chi connectivity index (χ2v) is 7.85. The normalized spacial score (nSPS) is 38.2. The van der Waals surface area contributed by atoms with E-state index in [2.05, 4.69) is 0 Å². The van der Waals surface area contributed by atoms with Crippen LogP contribution < -0.4 is 0 Å². The van der Waals surface area contributed by atoms with Crippen LogP contribution in [-0.2, 0) is 14.3 Å². The number of carbonyl (C=O) groups excluding carboxylic acids is 2. The van der Waals surface area contributed by atoms with Gasteiger partial charge in [-0.1, -0.05) is 0 Å². The first kappa shape index (κ1) is 14.1. The van der Waals surface area contributed by atoms with E-state index in [0.29, 0.717) is 6.42 Å². The summed E-state index contributed by atoms with van der Waals surface area (Å²) < 4.78 is 5.08. The number of hydrogen-bond acceptors (Lipinski definition) is 3. The van der Waals surface area contributed by atoms with Crippen molar-refractivity contribution in [1.29, 1.82) is 0 Å². The van der Waals surface area contributed by atoms with Gasteiger partial charge in [0.1, 0.15) is 12.2 Å². The summed E-state index contributed by atoms with van der Waals surface area (Å²) in [5, 5.41) is 0. The van der Waals surface area contributed by atoms with E-state index in [9.17, 15) is 9.59 Å². The van der Waals surface area contributed by atoms with Crippen LogP contribution >= 0.6 is 0 Å². The fourth-order valence-electron chi connectivity index (χ4n) is 5.45. The number of Topliss-reactive ketones (excluding diaryl/α,β-unsaturated/α-hetero) is 1. The van der Waals surface area contributed by atoms with Crippen molar-refractivity contribution >= 4 is 11.8 Å². The van der Waals surface area contributed by atoms with Gasteiger partial charge < -0.3 is 4.74 Å². The molecule has 20 heavy (non-hydrogen) atoms. The maximum Gasteiger partial charge on any atom is 0.313 e. The van der Waals surface area contributed by atoms with Gasteiger partial charge in [0.15, 0.2) is 0 Å². The zero-order chi connectivity index (χ0) is 14.3. The number of hydrogen-bond donors (Lipinski definition) is 0. The van der Waals surface area contributed by atoms with Crippen molar-refractivity contribution in [1.82, 2.24) is 0 Å². The summed E-state index contributed by atoms with van der Waals surface area (Å²) in [7, 11) is 0. The molecule has 0 saturated heterocycles. The molecule has 4 aliphatic rings. The summed E-state index contributed by atoms with van der Waals surface area (Å²) in [6.45, 7) is 3.64. The molecule has 4 fully saturated rings. The third kappa shape index (κ3) is 2.91. The van der Waals surface area contributed by atoms with Crippen molar-refractivity contribution in [3.05, 3.63) is 0 Å². The molecule has 0 aromatic rings. The van der Waals surface area contributed by atoms with Gasteiger partial charge in [-0.25, -0.2) is 0 Å². The molecule has 0 aromatic carbocycles. The monoisotopic (exact) mass is 278 g/mol. The fraction of sp³-hybridized carbons (Fsp3) is 0.882. The van der Waals surface area contributed by atoms with Gasteiger partial charge in [-0.3, -0.25) is 9.59 Å². The molecule has 0 unspecified atom stereocenters. The molecule has 0 aliphatic heterocycles. The number of rotatable bonds is 5. The van der Waals surface area contributed by atoms with Crippen LogP contribution in [0.2, 0.25) is 0 Å². The minimum Gasteiger partial charge on any atom is -0.463 e. The van der Waals surface area contributed by atoms with Crippen molar-refractivity contribution in [3.63, 3.8) is 0 Å². The highest BCUT2D eigenvalue weighted by Gasteiger charge is 2.51. The van der Waals surface area contributed by atoms with E-state index < -0.39 is 0 Å². The quantitative estimate of drug-likeness (QED) is 0.571. The maximum absolute atomic E-state index is 12.2. The Hall–Kier alpha value is -0.860. The topological polar surface area (TPSA) is 43.4 Å². The number of ketones is 1. The first-order chi connectivity index (χ1) is 9.44. The van der Waals surface area contributed by atoms with Gasteiger partial charge in [0.05, 0.1) is 6.10 Å². The van der Waals surface area contributed by atoms with Crippen LogP contribution in [0, 0.1) is 23.2 Å². The van der Waals surface area contributed by atoms with Crippen molar-refractivity contribution < 1.29 is 14.3 Å². The predicted octanol–water partition coefficient (Wildman–Crippen LogP) is 3.50. The lowest BCUT2D eigenvalue weighted by Crippen LogP contribution is -2.47. The third-order valence-corrected chi connectivity index (χ3v) is 5.45. The van der Waals surface area contributed by atoms with E-state index in [1.807, 2.05) is 13.8 Å². The van der Waals surface area contributed by atoms with Crippen molar-refractivity contribution in [2.24, 2.45) is 23.2 Å². The molecule has 4 rings (SSSR count). The molecule has 3 heteroatoms. The lowest BCUT2D eigenvalue weighted by molar-refractivity contribution is -0.150. The summed E-state index contributed by atoms with van der Waals surface area (Å²) >= 11 is 0. The van der Waals surface area contributed by atoms with E-state index in [1.165, 1.54) is 38.5 Å². The second-order valence-electron chi connectivity index (χ2n) is 7.85. The zero-order valence-corrected chi connectivity index (χ0v) is 12.7. The van der Waals surface area contributed by atoms with Crippen LogP contribution in [0.25, 0.3) is 0 Å². The highest BCUT2D eigenvalue weighted by atomic mass is 16.5. The molecule has 4 saturated carbocycles. The minimum atomic E-state index is -0.352. The molecule has 0 aromatic heterocycles. The molecule has 0 N–H and O–H groups in total. The van der Waals surface area contributed by atoms with Gasteiger partial charge in [-0.05, 0) is 75.5 Å². The Morgan fingerprint density at radius 1 is 1.05 bits per heavy atom. The molecule has 0 heterocycles. The highest BCUT2D eigenvalue weighted by molar-refractivity contribution is 5.95. The smallest absolute Gasteiger partial charge is 0.313 e. The number of carbonyl (C=O) groups is 2. The van der Waals surface area contributed by atoms with Crippen LogP contribution in [0.1, 0.15) is 65.2 Å². The Kier molecular flexibility index (Phi) is 3.64. The third-order valence-electron chi connectivity index (χ3n) is 5.45. The molecule has 0 radical (unpaired) electrons. The van der Waals surface area contributed by atoms with E-state index >= 15 is 0 Å². The summed E-state index contributed by atoms with van der Waals surface area (Å²) in [6.07, 6.45) is 8.31. The lowest BCUT2D eigenvalue weighted by Gasteiger charge is -2.56. The molecular formula is C17H26O3. The first-order valence-corrected chi connectivity index (χ1v) is 8.15. The molecule has 0 atom stereocenters. The van der Waals surface area contributed by atoms with Crippen LogP contribution in [0.15, 0.2) is 0 Å². The van der Waals surface area contributed by atoms with E-state index in [0.717, 1.165) is 17.8 Å². The lowest BCUT2D eigenvalue weighted by atomic mass is 9.48. The van der Waals surface area contributed by atoms with Gasteiger partial charge in [0.25, 0.3) is 0 Å². The van der Waals surface area contributed by atoms with Crippen LogP contribution in [0.3, 0.4) is 0 Å². The summed E-state index contributed by atoms with van der Waals surface area (Å²) in [5.41, 5.74) is 0.240. The molecule has 3 nitrogen and oxygen atoms in total. The maximum atomic E-state index is 12.2. The van der Waals surface area contributed by atoms with Gasteiger partial charge in [0, 0.05) is 6.42 Å². The molecule has 4 aliphatic carbocycles. The Bertz CT molecular complexity index is 375. The Balaban J connectivity index is 1.57. The molecule has 112 valence electrons. The summed E-state index contributed by atoms with van der Waals surface area (Å²) in [5.74, 6) is 2.32. The first-order valence-electron chi connectivity index (χ1n) is 8.15. The Morgan fingerprint density at radius 2 is 1.55 bits per heavy atom. The SMILES string of the molecule is CC(C)OC(=O)CC(=O)CC12CC3CC(CC(C3)C1)C2. The Morgan fingerprint density at radius 3 is 2.00 bits per heavy atom. The van der Waals surface area contributed by atoms with Crippen LogP contribution in [-0.4, -0.2) is 17.9 Å². The molecule has 4 bridgehead atoms.